The van der Waals surface area contributed by atoms with Crippen LogP contribution in [0.1, 0.15) is 26.2 Å². The fourth-order valence-electron chi connectivity index (χ4n) is 7.89. The van der Waals surface area contributed by atoms with E-state index in [-0.39, 0.29) is 44.0 Å². The minimum absolute atomic E-state index is 0.0361. The number of hydrogen-bond donors (Lipinski definition) is 1. The van der Waals surface area contributed by atoms with Gasteiger partial charge in [0.25, 0.3) is 5.91 Å². The summed E-state index contributed by atoms with van der Waals surface area (Å²) in [5, 5.41) is 12.1. The smallest absolute Gasteiger partial charge is 0.253 e. The molecular weight excluding hydrogens is 554 g/mol. The van der Waals surface area contributed by atoms with Crippen molar-refractivity contribution in [3.05, 3.63) is 98.1 Å². The van der Waals surface area contributed by atoms with E-state index in [0.717, 1.165) is 10.8 Å². The zero-order valence-electron chi connectivity index (χ0n) is 25.1. The van der Waals surface area contributed by atoms with Crippen molar-refractivity contribution in [1.82, 2.24) is 4.90 Å². The molecule has 1 N–H and O–H groups in total. The highest BCUT2D eigenvalue weighted by molar-refractivity contribution is 6.07. The molecule has 44 heavy (non-hydrogen) atoms. The van der Waals surface area contributed by atoms with Crippen LogP contribution in [0.25, 0.3) is 10.8 Å². The quantitative estimate of drug-likeness (QED) is 0.325. The number of para-hydroxylation sites is 1. The molecule has 1 spiro atoms. The van der Waals surface area contributed by atoms with Gasteiger partial charge < -0.3 is 24.5 Å². The van der Waals surface area contributed by atoms with Crippen molar-refractivity contribution >= 4 is 39.9 Å². The third kappa shape index (κ3) is 4.47. The number of anilines is 2. The summed E-state index contributed by atoms with van der Waals surface area (Å²) in [7, 11) is 0. The SMILES string of the molecule is C=CCN(C(=O)C1N(CCO)C(=O)[C@@H]2[C@H](C(=O)N(CC=C)c3ccccc3)[C@]3(CC)CCC12O3)c1ccc2ccccc2c1. The fourth-order valence-corrected chi connectivity index (χ4v) is 7.89. The summed E-state index contributed by atoms with van der Waals surface area (Å²) in [5.74, 6) is -2.50. The number of hydrogen-bond acceptors (Lipinski definition) is 5. The van der Waals surface area contributed by atoms with Crippen LogP contribution in [0.2, 0.25) is 0 Å². The molecule has 3 aliphatic heterocycles. The average Bonchev–Trinajstić information content (AvgIpc) is 3.66. The lowest BCUT2D eigenvalue weighted by atomic mass is 9.64. The van der Waals surface area contributed by atoms with Gasteiger partial charge in [-0.05, 0) is 54.3 Å². The molecule has 2 unspecified atom stereocenters. The van der Waals surface area contributed by atoms with Crippen LogP contribution in [-0.2, 0) is 19.1 Å². The molecule has 0 aromatic heterocycles. The van der Waals surface area contributed by atoms with Crippen LogP contribution in [-0.4, -0.2) is 71.2 Å². The normalized spacial score (nSPS) is 26.9. The molecule has 3 aromatic carbocycles. The predicted octanol–water partition coefficient (Wildman–Crippen LogP) is 4.73. The molecule has 3 aliphatic rings. The second kappa shape index (κ2) is 11.7. The Kier molecular flexibility index (Phi) is 7.90. The number of amides is 3. The predicted molar refractivity (Wildman–Crippen MR) is 171 cm³/mol. The number of benzene rings is 3. The van der Waals surface area contributed by atoms with Gasteiger partial charge in [-0.25, -0.2) is 0 Å². The van der Waals surface area contributed by atoms with Crippen LogP contribution in [0.4, 0.5) is 11.4 Å². The monoisotopic (exact) mass is 593 g/mol. The maximum atomic E-state index is 14.8. The maximum Gasteiger partial charge on any atom is 0.253 e. The van der Waals surface area contributed by atoms with Gasteiger partial charge in [0.05, 0.1) is 24.0 Å². The number of aliphatic hydroxyl groups is 1. The zero-order valence-corrected chi connectivity index (χ0v) is 25.1. The highest BCUT2D eigenvalue weighted by atomic mass is 16.5. The summed E-state index contributed by atoms with van der Waals surface area (Å²) >= 11 is 0. The molecule has 3 saturated heterocycles. The van der Waals surface area contributed by atoms with Crippen LogP contribution in [0.3, 0.4) is 0 Å². The third-order valence-electron chi connectivity index (χ3n) is 9.79. The number of rotatable bonds is 11. The van der Waals surface area contributed by atoms with Crippen LogP contribution in [0.15, 0.2) is 98.1 Å². The van der Waals surface area contributed by atoms with E-state index in [4.69, 9.17) is 4.74 Å². The van der Waals surface area contributed by atoms with Gasteiger partial charge in [-0.1, -0.05) is 67.6 Å². The van der Waals surface area contributed by atoms with Gasteiger partial charge in [0.2, 0.25) is 11.8 Å². The first-order chi connectivity index (χ1) is 21.4. The van der Waals surface area contributed by atoms with Crippen LogP contribution in [0, 0.1) is 11.8 Å². The number of ether oxygens (including phenoxy) is 1. The molecule has 228 valence electrons. The van der Waals surface area contributed by atoms with Crippen LogP contribution < -0.4 is 9.80 Å². The van der Waals surface area contributed by atoms with Crippen molar-refractivity contribution in [2.75, 3.05) is 36.0 Å². The van der Waals surface area contributed by atoms with E-state index in [1.807, 2.05) is 79.7 Å². The first kappa shape index (κ1) is 29.8. The van der Waals surface area contributed by atoms with E-state index in [1.54, 1.807) is 22.0 Å². The highest BCUT2D eigenvalue weighted by Gasteiger charge is 2.79. The van der Waals surface area contributed by atoms with E-state index < -0.39 is 29.1 Å². The summed E-state index contributed by atoms with van der Waals surface area (Å²) in [4.78, 5) is 48.5. The van der Waals surface area contributed by atoms with E-state index in [1.165, 1.54) is 4.90 Å². The van der Waals surface area contributed by atoms with E-state index in [9.17, 15) is 19.5 Å². The molecule has 3 heterocycles. The van der Waals surface area contributed by atoms with Crippen molar-refractivity contribution < 1.29 is 24.2 Å². The topological polar surface area (TPSA) is 90.4 Å². The number of fused-ring (bicyclic) bond motifs is 2. The number of carbonyl (C=O) groups is 3. The Bertz CT molecular complexity index is 1610. The van der Waals surface area contributed by atoms with Crippen molar-refractivity contribution in [3.8, 4) is 0 Å². The van der Waals surface area contributed by atoms with Gasteiger partial charge in [0, 0.05) is 31.0 Å². The Labute approximate surface area is 258 Å². The molecule has 8 nitrogen and oxygen atoms in total. The third-order valence-corrected chi connectivity index (χ3v) is 9.79. The minimum atomic E-state index is -1.20. The minimum Gasteiger partial charge on any atom is -0.395 e. The van der Waals surface area contributed by atoms with Crippen molar-refractivity contribution in [2.45, 2.75) is 43.4 Å². The van der Waals surface area contributed by atoms with Crippen molar-refractivity contribution in [1.29, 1.82) is 0 Å². The highest BCUT2D eigenvalue weighted by Crippen LogP contribution is 2.64. The summed E-state index contributed by atoms with van der Waals surface area (Å²) in [5.41, 5.74) is -0.704. The summed E-state index contributed by atoms with van der Waals surface area (Å²) in [6.07, 6.45) is 4.87. The summed E-state index contributed by atoms with van der Waals surface area (Å²) in [6, 6.07) is 22.1. The zero-order chi connectivity index (χ0) is 31.1. The lowest BCUT2D eigenvalue weighted by Crippen LogP contribution is -2.57. The number of likely N-dealkylation sites (tertiary alicyclic amines) is 1. The Balaban J connectivity index is 1.44. The fraction of sp³-hybridized carbons (Fsp3) is 0.361. The summed E-state index contributed by atoms with van der Waals surface area (Å²) < 4.78 is 6.94. The molecule has 0 saturated carbocycles. The number of carbonyl (C=O) groups excluding carboxylic acids is 3. The summed E-state index contributed by atoms with van der Waals surface area (Å²) in [6.45, 7) is 9.88. The Morgan fingerprint density at radius 3 is 2.25 bits per heavy atom. The lowest BCUT2D eigenvalue weighted by molar-refractivity contribution is -0.146. The largest absolute Gasteiger partial charge is 0.395 e. The van der Waals surface area contributed by atoms with Gasteiger partial charge in [-0.3, -0.25) is 14.4 Å². The van der Waals surface area contributed by atoms with E-state index in [2.05, 4.69) is 13.2 Å². The van der Waals surface area contributed by atoms with Crippen LogP contribution in [0.5, 0.6) is 0 Å². The first-order valence-electron chi connectivity index (χ1n) is 15.4. The standard InChI is InChI=1S/C36H39N3O5/c1-4-20-37(27-14-8-7-9-15-27)32(41)29-30-33(42)39(22-23-40)31(36(30)19-18-35(29,6-3)44-36)34(43)38(21-5-2)28-17-16-25-12-10-11-13-26(25)24-28/h4-5,7-17,24,29-31,40H,1-2,6,18-23H2,3H3/t29-,30+,31?,35+,36?/m1/s1. The number of aliphatic hydroxyl groups excluding tert-OH is 1. The molecule has 3 amide bonds. The molecule has 6 rings (SSSR count). The van der Waals surface area contributed by atoms with E-state index >= 15 is 0 Å². The van der Waals surface area contributed by atoms with Crippen molar-refractivity contribution in [2.24, 2.45) is 11.8 Å². The second-order valence-electron chi connectivity index (χ2n) is 11.9. The molecule has 3 aromatic rings. The Morgan fingerprint density at radius 2 is 1.59 bits per heavy atom. The van der Waals surface area contributed by atoms with E-state index in [0.29, 0.717) is 30.6 Å². The molecular formula is C36H39N3O5. The second-order valence-corrected chi connectivity index (χ2v) is 11.9. The Morgan fingerprint density at radius 1 is 0.932 bits per heavy atom. The van der Waals surface area contributed by atoms with Gasteiger partial charge in [-0.2, -0.15) is 0 Å². The lowest BCUT2D eigenvalue weighted by Gasteiger charge is -2.37. The molecule has 3 fully saturated rings. The molecule has 0 radical (unpaired) electrons. The van der Waals surface area contributed by atoms with Gasteiger partial charge in [-0.15, -0.1) is 13.2 Å². The molecule has 0 aliphatic carbocycles. The van der Waals surface area contributed by atoms with Gasteiger partial charge in [0.1, 0.15) is 11.6 Å². The first-order valence-corrected chi connectivity index (χ1v) is 15.4. The van der Waals surface area contributed by atoms with Gasteiger partial charge >= 0.3 is 0 Å². The molecule has 5 atom stereocenters. The average molecular weight is 594 g/mol. The van der Waals surface area contributed by atoms with Crippen molar-refractivity contribution in [3.63, 3.8) is 0 Å². The Hall–Kier alpha value is -4.27. The number of β-amino-alcohol motifs (C(OH)–C–C–N with tert-alkyl or cyclic N) is 1. The maximum absolute atomic E-state index is 14.8. The number of nitrogens with zero attached hydrogens (tertiary/aromatic N) is 3. The molecule has 2 bridgehead atoms. The van der Waals surface area contributed by atoms with Gasteiger partial charge in [0.15, 0.2) is 0 Å². The van der Waals surface area contributed by atoms with Crippen LogP contribution >= 0.6 is 0 Å². The molecule has 8 heteroatoms.